The minimum atomic E-state index is -0.393. The van der Waals surface area contributed by atoms with Crippen LogP contribution in [0.3, 0.4) is 0 Å². The summed E-state index contributed by atoms with van der Waals surface area (Å²) in [5.74, 6) is 1.46. The lowest BCUT2D eigenvalue weighted by Gasteiger charge is -2.21. The zero-order chi connectivity index (χ0) is 33.9. The molecule has 0 saturated heterocycles. The van der Waals surface area contributed by atoms with Crippen molar-refractivity contribution in [2.75, 3.05) is 36.7 Å². The standard InChI is InChI=1S/C35H36ClN9O3/c1-20-23(24-9-7-11-26(32(24)36)43-35(47)33-41-28-19-44(3)15-13-29(28)45(33)4)8-6-10-25(20)42-34(46)27-16-30(48-5)22(17-38-27)18-39-31-12-14-37-21(2)40-31/h6-12,14,16-17H,13,15,18-19H2,1-5H3,(H,42,46)(H,43,47)(H,37,39,40). The molecule has 0 bridgehead atoms. The van der Waals surface area contributed by atoms with E-state index in [9.17, 15) is 9.59 Å². The molecule has 0 aliphatic carbocycles. The minimum Gasteiger partial charge on any atom is -0.496 e. The van der Waals surface area contributed by atoms with E-state index in [2.05, 4.69) is 40.8 Å². The maximum Gasteiger partial charge on any atom is 0.291 e. The van der Waals surface area contributed by atoms with Crippen molar-refractivity contribution in [3.8, 4) is 16.9 Å². The predicted octanol–water partition coefficient (Wildman–Crippen LogP) is 5.66. The molecule has 0 unspecified atom stereocenters. The number of carbonyl (C=O) groups is 2. The van der Waals surface area contributed by atoms with Gasteiger partial charge in [-0.2, -0.15) is 0 Å². The van der Waals surface area contributed by atoms with Crippen molar-refractivity contribution in [1.82, 2.24) is 29.4 Å². The summed E-state index contributed by atoms with van der Waals surface area (Å²) >= 11 is 6.91. The SMILES string of the molecule is COc1cc(C(=O)Nc2cccc(-c3cccc(NC(=O)c4nc5c(n4C)CCN(C)C5)c3Cl)c2C)ncc1CNc1ccnc(C)n1. The van der Waals surface area contributed by atoms with E-state index < -0.39 is 5.91 Å². The van der Waals surface area contributed by atoms with Gasteiger partial charge in [0.25, 0.3) is 11.8 Å². The molecule has 0 saturated carbocycles. The molecule has 5 aromatic rings. The number of imidazole rings is 1. The molecule has 246 valence electrons. The van der Waals surface area contributed by atoms with Crippen LogP contribution in [0.1, 0.15) is 49.4 Å². The van der Waals surface area contributed by atoms with E-state index in [-0.39, 0.29) is 11.6 Å². The first-order valence-corrected chi connectivity index (χ1v) is 15.8. The van der Waals surface area contributed by atoms with E-state index in [0.717, 1.165) is 41.0 Å². The average Bonchev–Trinajstić information content (AvgIpc) is 3.40. The third-order valence-corrected chi connectivity index (χ3v) is 8.81. The number of anilines is 3. The van der Waals surface area contributed by atoms with Gasteiger partial charge in [0.2, 0.25) is 0 Å². The fourth-order valence-corrected chi connectivity index (χ4v) is 6.05. The second-order valence-corrected chi connectivity index (χ2v) is 12.0. The molecule has 0 fully saturated rings. The first-order valence-electron chi connectivity index (χ1n) is 15.4. The normalized spacial score (nSPS) is 12.7. The molecule has 3 N–H and O–H groups in total. The van der Waals surface area contributed by atoms with Crippen molar-refractivity contribution in [3.63, 3.8) is 0 Å². The van der Waals surface area contributed by atoms with Gasteiger partial charge in [-0.05, 0) is 50.2 Å². The number of pyridine rings is 1. The summed E-state index contributed by atoms with van der Waals surface area (Å²) in [7, 11) is 5.46. The maximum absolute atomic E-state index is 13.4. The average molecular weight is 666 g/mol. The van der Waals surface area contributed by atoms with E-state index in [1.165, 1.54) is 0 Å². The highest BCUT2D eigenvalue weighted by atomic mass is 35.5. The number of halogens is 1. The smallest absolute Gasteiger partial charge is 0.291 e. The summed E-state index contributed by atoms with van der Waals surface area (Å²) < 4.78 is 7.43. The quantitative estimate of drug-likeness (QED) is 0.182. The van der Waals surface area contributed by atoms with Crippen LogP contribution in [0.4, 0.5) is 17.2 Å². The van der Waals surface area contributed by atoms with Gasteiger partial charge in [0.05, 0.1) is 23.5 Å². The van der Waals surface area contributed by atoms with Crippen LogP contribution in [0.25, 0.3) is 11.1 Å². The van der Waals surface area contributed by atoms with Crippen molar-refractivity contribution in [2.24, 2.45) is 7.05 Å². The number of fused-ring (bicyclic) bond motifs is 1. The number of rotatable bonds is 9. The molecular weight excluding hydrogens is 630 g/mol. The number of carbonyl (C=O) groups excluding carboxylic acids is 2. The maximum atomic E-state index is 13.4. The van der Waals surface area contributed by atoms with Gasteiger partial charge in [0, 0.05) is 74.1 Å². The van der Waals surface area contributed by atoms with Crippen LogP contribution >= 0.6 is 11.6 Å². The summed E-state index contributed by atoms with van der Waals surface area (Å²) in [5, 5.41) is 9.53. The monoisotopic (exact) mass is 665 g/mol. The number of hydrogen-bond acceptors (Lipinski definition) is 9. The van der Waals surface area contributed by atoms with Gasteiger partial charge in [0.1, 0.15) is 23.1 Å². The molecule has 6 rings (SSSR count). The predicted molar refractivity (Wildman–Crippen MR) is 186 cm³/mol. The van der Waals surface area contributed by atoms with Gasteiger partial charge >= 0.3 is 0 Å². The van der Waals surface area contributed by atoms with Gasteiger partial charge in [-0.25, -0.2) is 15.0 Å². The van der Waals surface area contributed by atoms with Crippen molar-refractivity contribution in [2.45, 2.75) is 33.4 Å². The van der Waals surface area contributed by atoms with Gasteiger partial charge in [-0.3, -0.25) is 14.6 Å². The number of benzene rings is 2. The number of hydrogen-bond donors (Lipinski definition) is 3. The van der Waals surface area contributed by atoms with Gasteiger partial charge in [-0.15, -0.1) is 0 Å². The Hall–Kier alpha value is -5.33. The lowest BCUT2D eigenvalue weighted by Crippen LogP contribution is -2.27. The second kappa shape index (κ2) is 13.8. The molecule has 4 heterocycles. The van der Waals surface area contributed by atoms with Crippen LogP contribution in [0.5, 0.6) is 5.75 Å². The van der Waals surface area contributed by atoms with Crippen LogP contribution < -0.4 is 20.7 Å². The third-order valence-electron chi connectivity index (χ3n) is 8.40. The van der Waals surface area contributed by atoms with Crippen LogP contribution in [0.2, 0.25) is 5.02 Å². The Labute approximate surface area is 283 Å². The van der Waals surface area contributed by atoms with Crippen LogP contribution in [0, 0.1) is 13.8 Å². The summed E-state index contributed by atoms with van der Waals surface area (Å²) in [6.07, 6.45) is 4.12. The van der Waals surface area contributed by atoms with Crippen molar-refractivity contribution in [1.29, 1.82) is 0 Å². The number of amides is 2. The largest absolute Gasteiger partial charge is 0.496 e. The number of nitrogens with one attached hydrogen (secondary N) is 3. The van der Waals surface area contributed by atoms with E-state index in [0.29, 0.717) is 58.3 Å². The van der Waals surface area contributed by atoms with E-state index >= 15 is 0 Å². The third kappa shape index (κ3) is 6.71. The molecule has 48 heavy (non-hydrogen) atoms. The summed E-state index contributed by atoms with van der Waals surface area (Å²) in [6.45, 7) is 5.74. The first kappa shape index (κ1) is 32.6. The first-order chi connectivity index (χ1) is 23.1. The molecule has 1 aliphatic rings. The zero-order valence-corrected chi connectivity index (χ0v) is 28.1. The van der Waals surface area contributed by atoms with Gasteiger partial charge in [-0.1, -0.05) is 35.9 Å². The Morgan fingerprint density at radius 1 is 0.958 bits per heavy atom. The molecule has 2 amide bonds. The Morgan fingerprint density at radius 3 is 2.48 bits per heavy atom. The van der Waals surface area contributed by atoms with Crippen molar-refractivity contribution < 1.29 is 14.3 Å². The Bertz CT molecular complexity index is 2030. The Balaban J connectivity index is 1.19. The highest BCUT2D eigenvalue weighted by Gasteiger charge is 2.25. The topological polar surface area (TPSA) is 139 Å². The van der Waals surface area contributed by atoms with E-state index in [1.807, 2.05) is 62.8 Å². The summed E-state index contributed by atoms with van der Waals surface area (Å²) in [6, 6.07) is 14.4. The van der Waals surface area contributed by atoms with Crippen molar-refractivity contribution >= 4 is 40.6 Å². The zero-order valence-electron chi connectivity index (χ0n) is 27.4. The summed E-state index contributed by atoms with van der Waals surface area (Å²) in [5.41, 5.74) is 6.32. The summed E-state index contributed by atoms with van der Waals surface area (Å²) in [4.78, 5) is 46.4. The fourth-order valence-electron chi connectivity index (χ4n) is 5.78. The van der Waals surface area contributed by atoms with E-state index in [4.69, 9.17) is 16.3 Å². The molecule has 12 nitrogen and oxygen atoms in total. The molecule has 2 aromatic carbocycles. The lowest BCUT2D eigenvalue weighted by atomic mass is 9.98. The Morgan fingerprint density at radius 2 is 1.71 bits per heavy atom. The molecule has 0 radical (unpaired) electrons. The molecule has 0 spiro atoms. The van der Waals surface area contributed by atoms with Crippen LogP contribution in [-0.4, -0.2) is 61.9 Å². The lowest BCUT2D eigenvalue weighted by molar-refractivity contribution is 0.100. The number of aromatic nitrogens is 5. The van der Waals surface area contributed by atoms with Crippen LogP contribution in [0.15, 0.2) is 60.9 Å². The molecule has 1 aliphatic heterocycles. The molecular formula is C35H36ClN9O3. The van der Waals surface area contributed by atoms with Gasteiger partial charge < -0.3 is 30.2 Å². The van der Waals surface area contributed by atoms with Crippen molar-refractivity contribution in [3.05, 3.63) is 106 Å². The highest BCUT2D eigenvalue weighted by Crippen LogP contribution is 2.38. The minimum absolute atomic E-state index is 0.198. The second-order valence-electron chi connectivity index (χ2n) is 11.7. The Kier molecular flexibility index (Phi) is 9.37. The molecule has 3 aromatic heterocycles. The number of aryl methyl sites for hydroxylation is 1. The number of methoxy groups -OCH3 is 1. The molecule has 13 heteroatoms. The fraction of sp³-hybridized carbons (Fsp3) is 0.257. The van der Waals surface area contributed by atoms with Crippen LogP contribution in [-0.2, 0) is 26.6 Å². The number of likely N-dealkylation sites (N-methyl/N-ethyl adjacent to an activating group) is 1. The number of nitrogens with zero attached hydrogens (tertiary/aromatic N) is 6. The number of ether oxygens (including phenoxy) is 1. The molecule has 0 atom stereocenters. The van der Waals surface area contributed by atoms with E-state index in [1.54, 1.807) is 37.7 Å². The van der Waals surface area contributed by atoms with Gasteiger partial charge in [0.15, 0.2) is 5.82 Å². The highest BCUT2D eigenvalue weighted by molar-refractivity contribution is 6.36.